The van der Waals surface area contributed by atoms with Crippen molar-refractivity contribution < 1.29 is 13.6 Å². The molecule has 0 saturated heterocycles. The number of allylic oxidation sites excluding steroid dienone is 4. The molecule has 3 N–H and O–H groups in total. The molecular formula is C31H31F2N7O4. The number of hydrogen-bond acceptors (Lipinski definition) is 7. The summed E-state index contributed by atoms with van der Waals surface area (Å²) in [6.07, 6.45) is 9.46. The summed E-state index contributed by atoms with van der Waals surface area (Å²) in [5, 5.41) is 5.48. The lowest BCUT2D eigenvalue weighted by atomic mass is 9.92. The Morgan fingerprint density at radius 1 is 1.18 bits per heavy atom. The van der Waals surface area contributed by atoms with Crippen molar-refractivity contribution in [2.24, 2.45) is 10.9 Å². The van der Waals surface area contributed by atoms with Crippen LogP contribution in [0.5, 0.6) is 0 Å². The van der Waals surface area contributed by atoms with Crippen molar-refractivity contribution in [1.82, 2.24) is 24.4 Å². The first kappa shape index (κ1) is 31.5. The minimum Gasteiger partial charge on any atom is -0.355 e. The van der Waals surface area contributed by atoms with Gasteiger partial charge in [0.1, 0.15) is 0 Å². The van der Waals surface area contributed by atoms with E-state index in [0.717, 1.165) is 32.4 Å². The molecule has 3 aromatic rings. The van der Waals surface area contributed by atoms with Crippen molar-refractivity contribution in [2.45, 2.75) is 33.9 Å². The number of halogens is 2. The van der Waals surface area contributed by atoms with Gasteiger partial charge in [-0.2, -0.15) is 4.98 Å². The summed E-state index contributed by atoms with van der Waals surface area (Å²) in [5.41, 5.74) is -0.164. The zero-order chi connectivity index (χ0) is 32.1. The van der Waals surface area contributed by atoms with Gasteiger partial charge in [0.2, 0.25) is 5.95 Å². The van der Waals surface area contributed by atoms with Gasteiger partial charge in [-0.05, 0) is 54.8 Å². The Morgan fingerprint density at radius 3 is 2.61 bits per heavy atom. The number of benzene rings is 1. The number of hydrogen-bond donors (Lipinski definition) is 3. The molecule has 1 aliphatic carbocycles. The van der Waals surface area contributed by atoms with Crippen molar-refractivity contribution in [3.8, 4) is 0 Å². The van der Waals surface area contributed by atoms with Crippen LogP contribution in [0, 0.1) is 17.6 Å². The summed E-state index contributed by atoms with van der Waals surface area (Å²) >= 11 is 0. The molecule has 0 saturated carbocycles. The van der Waals surface area contributed by atoms with Crippen LogP contribution in [0.2, 0.25) is 0 Å². The monoisotopic (exact) mass is 603 g/mol. The number of carbonyl (C=O) groups excluding carboxylic acids is 1. The second kappa shape index (κ2) is 13.2. The molecule has 228 valence electrons. The van der Waals surface area contributed by atoms with E-state index in [1.807, 2.05) is 26.0 Å². The molecule has 13 heteroatoms. The van der Waals surface area contributed by atoms with Gasteiger partial charge in [-0.15, -0.1) is 0 Å². The number of nitrogens with one attached hydrogen (secondary N) is 3. The maximum Gasteiger partial charge on any atom is 0.355 e. The topological polar surface area (TPSA) is 143 Å². The fraction of sp³-hybridized carbons (Fsp3) is 0.226. The summed E-state index contributed by atoms with van der Waals surface area (Å²) in [4.78, 5) is 62.5. The summed E-state index contributed by atoms with van der Waals surface area (Å²) in [6.45, 7) is 8.29. The van der Waals surface area contributed by atoms with Gasteiger partial charge in [-0.1, -0.05) is 25.7 Å². The highest BCUT2D eigenvalue weighted by Gasteiger charge is 2.21. The quantitative estimate of drug-likeness (QED) is 0.320. The smallest absolute Gasteiger partial charge is 0.355 e. The predicted octanol–water partition coefficient (Wildman–Crippen LogP) is 3.34. The molecule has 1 aromatic carbocycles. The lowest BCUT2D eigenvalue weighted by molar-refractivity contribution is 0.0962. The highest BCUT2D eigenvalue weighted by atomic mass is 19.2. The first-order valence-electron chi connectivity index (χ1n) is 13.6. The van der Waals surface area contributed by atoms with Crippen LogP contribution in [-0.4, -0.2) is 38.3 Å². The second-order valence-corrected chi connectivity index (χ2v) is 10.0. The fourth-order valence-corrected chi connectivity index (χ4v) is 4.63. The Hall–Kier alpha value is -5.46. The number of H-pyrrole nitrogens is 1. The molecule has 4 rings (SSSR count). The minimum atomic E-state index is -1.15. The van der Waals surface area contributed by atoms with Crippen LogP contribution >= 0.6 is 0 Å². The maximum absolute atomic E-state index is 14.4. The molecule has 1 aliphatic rings. The van der Waals surface area contributed by atoms with Crippen molar-refractivity contribution >= 4 is 24.1 Å². The van der Waals surface area contributed by atoms with E-state index >= 15 is 0 Å². The SMILES string of the molecule is C=Cc1cc(Cn2c(NC3=C/C(=C/N=C\C)C(C)C=C3C)nc(=O)n(Cc3cc(C(=O)NC)c[nH]c3=O)c2=O)cc(F)c1F. The van der Waals surface area contributed by atoms with Gasteiger partial charge in [0.05, 0.1) is 18.7 Å². The Kier molecular flexibility index (Phi) is 9.47. The van der Waals surface area contributed by atoms with Crippen LogP contribution in [0.15, 0.2) is 85.5 Å². The van der Waals surface area contributed by atoms with Gasteiger partial charge < -0.3 is 15.6 Å². The number of amides is 1. The van der Waals surface area contributed by atoms with Crippen molar-refractivity contribution in [3.05, 3.63) is 131 Å². The molecule has 1 atom stereocenters. The standard InChI is InChI=1S/C31H31F2N7O4/c1-6-20-9-19(10-24(32)26(20)33)15-39-29(37-25-12-21(13-35-7-2)17(3)8-18(25)4)38-30(43)40(31(39)44)16-23-11-22(27(41)34-5)14-36-28(23)42/h6-14,17H,1,15-16H2,2-5H3,(H,34,41)(H,36,42)(H,37,38,43)/b21-13-,35-7-. The molecule has 0 aliphatic heterocycles. The molecule has 0 radical (unpaired) electrons. The van der Waals surface area contributed by atoms with E-state index in [0.29, 0.717) is 5.70 Å². The third-order valence-electron chi connectivity index (χ3n) is 7.01. The fourth-order valence-electron chi connectivity index (χ4n) is 4.63. The molecule has 11 nitrogen and oxygen atoms in total. The lowest BCUT2D eigenvalue weighted by Crippen LogP contribution is -2.44. The van der Waals surface area contributed by atoms with E-state index in [9.17, 15) is 28.0 Å². The first-order chi connectivity index (χ1) is 21.0. The Balaban J connectivity index is 1.88. The molecule has 1 amide bonds. The van der Waals surface area contributed by atoms with E-state index in [1.54, 1.807) is 19.3 Å². The molecule has 0 spiro atoms. The van der Waals surface area contributed by atoms with Gasteiger partial charge in [0.25, 0.3) is 11.5 Å². The van der Waals surface area contributed by atoms with Crippen LogP contribution < -0.4 is 27.6 Å². The number of aromatic amines is 1. The van der Waals surface area contributed by atoms with Crippen molar-refractivity contribution in [2.75, 3.05) is 12.4 Å². The van der Waals surface area contributed by atoms with E-state index < -0.39 is 41.0 Å². The molecule has 2 aromatic heterocycles. The summed E-state index contributed by atoms with van der Waals surface area (Å²) in [5.74, 6) is -2.86. The van der Waals surface area contributed by atoms with Crippen molar-refractivity contribution in [1.29, 1.82) is 0 Å². The molecule has 0 bridgehead atoms. The Bertz CT molecular complexity index is 1950. The number of aromatic nitrogens is 4. The molecule has 0 fully saturated rings. The van der Waals surface area contributed by atoms with E-state index in [-0.39, 0.29) is 40.7 Å². The first-order valence-corrected chi connectivity index (χ1v) is 13.6. The van der Waals surface area contributed by atoms with Crippen LogP contribution in [-0.2, 0) is 13.1 Å². The van der Waals surface area contributed by atoms with Gasteiger partial charge in [0, 0.05) is 48.4 Å². The summed E-state index contributed by atoms with van der Waals surface area (Å²) in [7, 11) is 1.41. The normalized spacial score (nSPS) is 15.7. The van der Waals surface area contributed by atoms with Crippen LogP contribution in [0.1, 0.15) is 47.8 Å². The number of anilines is 1. The van der Waals surface area contributed by atoms with E-state index in [4.69, 9.17) is 0 Å². The number of nitrogens with zero attached hydrogens (tertiary/aromatic N) is 4. The molecule has 1 unspecified atom stereocenters. The van der Waals surface area contributed by atoms with Crippen LogP contribution in [0.4, 0.5) is 14.7 Å². The average Bonchev–Trinajstić information content (AvgIpc) is 2.99. The van der Waals surface area contributed by atoms with Gasteiger partial charge in [-0.25, -0.2) is 22.9 Å². The minimum absolute atomic E-state index is 0.0376. The molecule has 44 heavy (non-hydrogen) atoms. The van der Waals surface area contributed by atoms with Gasteiger partial charge in [-0.3, -0.25) is 19.1 Å². The summed E-state index contributed by atoms with van der Waals surface area (Å²) in [6, 6.07) is 3.52. The number of rotatable bonds is 9. The second-order valence-electron chi connectivity index (χ2n) is 10.0. The van der Waals surface area contributed by atoms with Gasteiger partial charge >= 0.3 is 11.4 Å². The third-order valence-corrected chi connectivity index (χ3v) is 7.01. The number of carbonyl (C=O) groups is 1. The highest BCUT2D eigenvalue weighted by Crippen LogP contribution is 2.27. The van der Waals surface area contributed by atoms with E-state index in [2.05, 4.69) is 32.2 Å². The summed E-state index contributed by atoms with van der Waals surface area (Å²) < 4.78 is 30.5. The van der Waals surface area contributed by atoms with Crippen LogP contribution in [0.3, 0.4) is 0 Å². The van der Waals surface area contributed by atoms with Gasteiger partial charge in [0.15, 0.2) is 11.6 Å². The Labute approximate surface area is 250 Å². The zero-order valence-electron chi connectivity index (χ0n) is 24.6. The molecule has 2 heterocycles. The molecular weight excluding hydrogens is 572 g/mol. The highest BCUT2D eigenvalue weighted by molar-refractivity contribution is 5.93. The zero-order valence-corrected chi connectivity index (χ0v) is 24.6. The predicted molar refractivity (Wildman–Crippen MR) is 165 cm³/mol. The van der Waals surface area contributed by atoms with E-state index in [1.165, 1.54) is 25.4 Å². The lowest BCUT2D eigenvalue weighted by Gasteiger charge is -2.22. The van der Waals surface area contributed by atoms with Crippen molar-refractivity contribution in [3.63, 3.8) is 0 Å². The number of aliphatic imine (C=N–C) groups is 1. The number of pyridine rings is 1. The van der Waals surface area contributed by atoms with Crippen LogP contribution in [0.25, 0.3) is 6.08 Å². The Morgan fingerprint density at radius 2 is 1.93 bits per heavy atom. The largest absolute Gasteiger partial charge is 0.355 e. The third kappa shape index (κ3) is 6.61. The maximum atomic E-state index is 14.4. The average molecular weight is 604 g/mol.